The minimum atomic E-state index is -0.107. The van der Waals surface area contributed by atoms with Crippen molar-refractivity contribution in [2.45, 2.75) is 20.4 Å². The van der Waals surface area contributed by atoms with Gasteiger partial charge in [0, 0.05) is 16.6 Å². The Morgan fingerprint density at radius 3 is 2.77 bits per heavy atom. The maximum absolute atomic E-state index is 13.4. The zero-order chi connectivity index (χ0) is 9.84. The van der Waals surface area contributed by atoms with Gasteiger partial charge in [0.05, 0.1) is 0 Å². The van der Waals surface area contributed by atoms with Crippen LogP contribution in [-0.4, -0.2) is 6.54 Å². The second kappa shape index (κ2) is 4.72. The van der Waals surface area contributed by atoms with E-state index < -0.39 is 0 Å². The monoisotopic (exact) mass is 245 g/mol. The smallest absolute Gasteiger partial charge is 0.130 e. The van der Waals surface area contributed by atoms with Gasteiger partial charge in [-0.25, -0.2) is 4.39 Å². The maximum Gasteiger partial charge on any atom is 0.130 e. The van der Waals surface area contributed by atoms with Crippen molar-refractivity contribution in [1.29, 1.82) is 0 Å². The molecule has 0 bridgehead atoms. The van der Waals surface area contributed by atoms with E-state index in [1.54, 1.807) is 13.0 Å². The van der Waals surface area contributed by atoms with Gasteiger partial charge in [-0.05, 0) is 31.2 Å². The first kappa shape index (κ1) is 10.7. The molecule has 0 heterocycles. The topological polar surface area (TPSA) is 12.0 Å². The fraction of sp³-hybridized carbons (Fsp3) is 0.400. The molecule has 0 aromatic heterocycles. The maximum atomic E-state index is 13.4. The molecule has 0 aliphatic carbocycles. The van der Waals surface area contributed by atoms with Crippen molar-refractivity contribution in [3.05, 3.63) is 33.5 Å². The highest BCUT2D eigenvalue weighted by molar-refractivity contribution is 9.10. The summed E-state index contributed by atoms with van der Waals surface area (Å²) in [7, 11) is 0. The van der Waals surface area contributed by atoms with E-state index in [0.29, 0.717) is 17.7 Å². The Balaban J connectivity index is 2.92. The Morgan fingerprint density at radius 2 is 2.15 bits per heavy atom. The molecular weight excluding hydrogens is 233 g/mol. The highest BCUT2D eigenvalue weighted by Crippen LogP contribution is 2.19. The quantitative estimate of drug-likeness (QED) is 0.864. The van der Waals surface area contributed by atoms with E-state index in [-0.39, 0.29) is 5.82 Å². The molecule has 0 saturated carbocycles. The van der Waals surface area contributed by atoms with Crippen molar-refractivity contribution >= 4 is 15.9 Å². The average Bonchev–Trinajstić information content (AvgIpc) is 2.09. The molecule has 0 amide bonds. The predicted octanol–water partition coefficient (Wildman–Crippen LogP) is 3.01. The van der Waals surface area contributed by atoms with Crippen LogP contribution in [0.25, 0.3) is 0 Å². The first-order chi connectivity index (χ1) is 6.15. The van der Waals surface area contributed by atoms with Gasteiger partial charge in [-0.15, -0.1) is 0 Å². The molecule has 1 nitrogen and oxygen atoms in total. The summed E-state index contributed by atoms with van der Waals surface area (Å²) in [5.41, 5.74) is 1.40. The Labute approximate surface area is 86.5 Å². The van der Waals surface area contributed by atoms with Crippen molar-refractivity contribution in [2.75, 3.05) is 6.54 Å². The minimum Gasteiger partial charge on any atom is -0.313 e. The molecule has 1 aromatic rings. The molecule has 0 unspecified atom stereocenters. The van der Waals surface area contributed by atoms with Gasteiger partial charge < -0.3 is 5.32 Å². The molecule has 0 fully saturated rings. The first-order valence-corrected chi connectivity index (χ1v) is 5.09. The van der Waals surface area contributed by atoms with Crippen LogP contribution < -0.4 is 5.32 Å². The van der Waals surface area contributed by atoms with Crippen LogP contribution in [0.4, 0.5) is 4.39 Å². The fourth-order valence-corrected chi connectivity index (χ4v) is 1.80. The highest BCUT2D eigenvalue weighted by Gasteiger charge is 2.05. The van der Waals surface area contributed by atoms with Crippen molar-refractivity contribution in [2.24, 2.45) is 0 Å². The van der Waals surface area contributed by atoms with E-state index in [9.17, 15) is 4.39 Å². The van der Waals surface area contributed by atoms with E-state index >= 15 is 0 Å². The van der Waals surface area contributed by atoms with Gasteiger partial charge in [-0.2, -0.15) is 0 Å². The molecule has 3 heteroatoms. The van der Waals surface area contributed by atoms with Gasteiger partial charge in [-0.3, -0.25) is 0 Å². The zero-order valence-electron chi connectivity index (χ0n) is 7.82. The fourth-order valence-electron chi connectivity index (χ4n) is 1.18. The van der Waals surface area contributed by atoms with Crippen LogP contribution in [0.1, 0.15) is 18.1 Å². The summed E-state index contributed by atoms with van der Waals surface area (Å²) in [5.74, 6) is -0.107. The largest absolute Gasteiger partial charge is 0.313 e. The van der Waals surface area contributed by atoms with Gasteiger partial charge in [0.15, 0.2) is 0 Å². The van der Waals surface area contributed by atoms with Crippen molar-refractivity contribution < 1.29 is 4.39 Å². The average molecular weight is 246 g/mol. The zero-order valence-corrected chi connectivity index (χ0v) is 9.41. The Kier molecular flexibility index (Phi) is 3.88. The molecular formula is C10H13BrFN. The molecule has 1 aromatic carbocycles. The molecule has 0 aliphatic heterocycles. The molecule has 0 saturated heterocycles. The summed E-state index contributed by atoms with van der Waals surface area (Å²) in [6.07, 6.45) is 0. The van der Waals surface area contributed by atoms with Gasteiger partial charge in [0.1, 0.15) is 5.82 Å². The SMILES string of the molecule is CCNCc1cc(Br)cc(C)c1F. The molecule has 0 radical (unpaired) electrons. The molecule has 1 N–H and O–H groups in total. The normalized spacial score (nSPS) is 10.5. The Bertz CT molecular complexity index is 299. The highest BCUT2D eigenvalue weighted by atomic mass is 79.9. The van der Waals surface area contributed by atoms with Crippen LogP contribution in [0.2, 0.25) is 0 Å². The Hall–Kier alpha value is -0.410. The van der Waals surface area contributed by atoms with Crippen LogP contribution in [0.15, 0.2) is 16.6 Å². The van der Waals surface area contributed by atoms with Crippen molar-refractivity contribution in [3.8, 4) is 0 Å². The third-order valence-electron chi connectivity index (χ3n) is 1.86. The lowest BCUT2D eigenvalue weighted by atomic mass is 10.1. The summed E-state index contributed by atoms with van der Waals surface area (Å²) in [5, 5.41) is 3.10. The number of hydrogen-bond acceptors (Lipinski definition) is 1. The summed E-state index contributed by atoms with van der Waals surface area (Å²) >= 11 is 3.34. The molecule has 0 spiro atoms. The second-order valence-corrected chi connectivity index (χ2v) is 3.89. The predicted molar refractivity (Wildman–Crippen MR) is 56.2 cm³/mol. The van der Waals surface area contributed by atoms with Crippen LogP contribution >= 0.6 is 15.9 Å². The number of halogens is 2. The summed E-state index contributed by atoms with van der Waals surface area (Å²) in [6.45, 7) is 5.21. The standard InChI is InChI=1S/C10H13BrFN/c1-3-13-6-8-5-9(11)4-7(2)10(8)12/h4-5,13H,3,6H2,1-2H3. The van der Waals surface area contributed by atoms with Gasteiger partial charge in [0.25, 0.3) is 0 Å². The summed E-state index contributed by atoms with van der Waals surface area (Å²) in [6, 6.07) is 3.59. The number of hydrogen-bond donors (Lipinski definition) is 1. The van der Waals surface area contributed by atoms with Crippen molar-refractivity contribution in [3.63, 3.8) is 0 Å². The lowest BCUT2D eigenvalue weighted by molar-refractivity contribution is 0.585. The van der Waals surface area contributed by atoms with E-state index in [1.165, 1.54) is 0 Å². The van der Waals surface area contributed by atoms with Crippen LogP contribution in [-0.2, 0) is 6.54 Å². The van der Waals surface area contributed by atoms with E-state index in [2.05, 4.69) is 21.2 Å². The molecule has 13 heavy (non-hydrogen) atoms. The molecule has 72 valence electrons. The lowest BCUT2D eigenvalue weighted by Crippen LogP contribution is -2.13. The summed E-state index contributed by atoms with van der Waals surface area (Å²) < 4.78 is 14.4. The van der Waals surface area contributed by atoms with E-state index in [4.69, 9.17) is 0 Å². The van der Waals surface area contributed by atoms with Gasteiger partial charge >= 0.3 is 0 Å². The molecule has 1 rings (SSSR count). The Morgan fingerprint density at radius 1 is 1.46 bits per heavy atom. The third-order valence-corrected chi connectivity index (χ3v) is 2.32. The minimum absolute atomic E-state index is 0.107. The van der Waals surface area contributed by atoms with Crippen LogP contribution in [0.3, 0.4) is 0 Å². The molecule has 0 aliphatic rings. The third kappa shape index (κ3) is 2.78. The van der Waals surface area contributed by atoms with Crippen LogP contribution in [0, 0.1) is 12.7 Å². The number of rotatable bonds is 3. The van der Waals surface area contributed by atoms with E-state index in [0.717, 1.165) is 11.0 Å². The molecule has 0 atom stereocenters. The second-order valence-electron chi connectivity index (χ2n) is 2.98. The van der Waals surface area contributed by atoms with Gasteiger partial charge in [-0.1, -0.05) is 22.9 Å². The summed E-state index contributed by atoms with van der Waals surface area (Å²) in [4.78, 5) is 0. The number of aryl methyl sites for hydroxylation is 1. The number of benzene rings is 1. The number of nitrogens with one attached hydrogen (secondary N) is 1. The van der Waals surface area contributed by atoms with Crippen LogP contribution in [0.5, 0.6) is 0 Å². The van der Waals surface area contributed by atoms with E-state index in [1.807, 2.05) is 13.0 Å². The first-order valence-electron chi connectivity index (χ1n) is 4.30. The lowest BCUT2D eigenvalue weighted by Gasteiger charge is -2.06. The van der Waals surface area contributed by atoms with Gasteiger partial charge in [0.2, 0.25) is 0 Å². The van der Waals surface area contributed by atoms with Crippen molar-refractivity contribution in [1.82, 2.24) is 5.32 Å².